The minimum absolute atomic E-state index is 0.111. The second kappa shape index (κ2) is 8.70. The van der Waals surface area contributed by atoms with Crippen LogP contribution >= 0.6 is 0 Å². The maximum atomic E-state index is 12.5. The molecule has 0 bridgehead atoms. The lowest BCUT2D eigenvalue weighted by molar-refractivity contribution is -0.384. The molecule has 0 spiro atoms. The average molecular weight is 395 g/mol. The van der Waals surface area contributed by atoms with Gasteiger partial charge in [-0.1, -0.05) is 18.2 Å². The molecule has 0 aliphatic carbocycles. The number of pyridine rings is 1. The van der Waals surface area contributed by atoms with Gasteiger partial charge in [0.15, 0.2) is 0 Å². The van der Waals surface area contributed by atoms with E-state index < -0.39 is 16.4 Å². The summed E-state index contributed by atoms with van der Waals surface area (Å²) in [4.78, 5) is 40.8. The lowest BCUT2D eigenvalue weighted by Crippen LogP contribution is -2.32. The van der Waals surface area contributed by atoms with Gasteiger partial charge in [0.2, 0.25) is 0 Å². The minimum atomic E-state index is -0.696. The third-order valence-electron chi connectivity index (χ3n) is 4.00. The zero-order valence-electron chi connectivity index (χ0n) is 15.4. The molecule has 0 aliphatic heterocycles. The molecule has 1 aromatic heterocycles. The van der Waals surface area contributed by atoms with Gasteiger partial charge < -0.3 is 14.9 Å². The molecule has 0 unspecified atom stereocenters. The van der Waals surface area contributed by atoms with Gasteiger partial charge in [0, 0.05) is 24.0 Å². The molecule has 0 saturated heterocycles. The van der Waals surface area contributed by atoms with E-state index in [1.807, 2.05) is 0 Å². The highest BCUT2D eigenvalue weighted by atomic mass is 16.7. The van der Waals surface area contributed by atoms with Crippen molar-refractivity contribution in [3.8, 4) is 5.75 Å². The molecule has 3 aromatic rings. The largest absolute Gasteiger partial charge is 0.497 e. The summed E-state index contributed by atoms with van der Waals surface area (Å²) >= 11 is 0. The first kappa shape index (κ1) is 19.6. The Morgan fingerprint density at radius 3 is 2.59 bits per heavy atom. The fraction of sp³-hybridized carbons (Fsp3) is 0.100. The number of amides is 1. The zero-order valence-corrected chi connectivity index (χ0v) is 15.4. The van der Waals surface area contributed by atoms with E-state index in [0.29, 0.717) is 5.75 Å². The van der Waals surface area contributed by atoms with E-state index in [9.17, 15) is 19.7 Å². The van der Waals surface area contributed by atoms with Crippen molar-refractivity contribution >= 4 is 17.3 Å². The van der Waals surface area contributed by atoms with Crippen molar-refractivity contribution in [2.24, 2.45) is 0 Å². The lowest BCUT2D eigenvalue weighted by Gasteiger charge is -2.10. The first-order valence-electron chi connectivity index (χ1n) is 8.51. The van der Waals surface area contributed by atoms with Crippen molar-refractivity contribution < 1.29 is 19.3 Å². The van der Waals surface area contributed by atoms with Gasteiger partial charge in [-0.05, 0) is 35.9 Å². The molecule has 0 atom stereocenters. The van der Waals surface area contributed by atoms with Gasteiger partial charge in [-0.2, -0.15) is 4.73 Å². The number of aromatic nitrogens is 1. The van der Waals surface area contributed by atoms with Crippen molar-refractivity contribution in [2.45, 2.75) is 6.61 Å². The van der Waals surface area contributed by atoms with Crippen LogP contribution in [0.25, 0.3) is 0 Å². The highest BCUT2D eigenvalue weighted by Gasteiger charge is 2.14. The Labute approximate surface area is 165 Å². The van der Waals surface area contributed by atoms with Gasteiger partial charge in [-0.3, -0.25) is 19.7 Å². The number of nitrogens with one attached hydrogen (secondary N) is 1. The van der Waals surface area contributed by atoms with Gasteiger partial charge >= 0.3 is 0 Å². The quantitative estimate of drug-likeness (QED) is 0.486. The number of ether oxygens (including phenoxy) is 1. The Hall–Kier alpha value is -4.14. The predicted molar refractivity (Wildman–Crippen MR) is 105 cm³/mol. The molecule has 9 heteroatoms. The van der Waals surface area contributed by atoms with E-state index in [4.69, 9.17) is 9.57 Å². The third-order valence-corrected chi connectivity index (χ3v) is 4.00. The van der Waals surface area contributed by atoms with Crippen LogP contribution in [0.4, 0.5) is 11.4 Å². The molecule has 1 N–H and O–H groups in total. The highest BCUT2D eigenvalue weighted by molar-refractivity contribution is 6.04. The van der Waals surface area contributed by atoms with E-state index in [0.717, 1.165) is 10.3 Å². The highest BCUT2D eigenvalue weighted by Crippen LogP contribution is 2.17. The summed E-state index contributed by atoms with van der Waals surface area (Å²) in [5.74, 6) is 0.00336. The number of carbonyl (C=O) groups is 1. The number of hydrogen-bond donors (Lipinski definition) is 1. The van der Waals surface area contributed by atoms with Crippen molar-refractivity contribution in [2.75, 3.05) is 12.4 Å². The van der Waals surface area contributed by atoms with Crippen molar-refractivity contribution in [3.05, 3.63) is 98.5 Å². The molecule has 0 fully saturated rings. The topological polar surface area (TPSA) is 113 Å². The average Bonchev–Trinajstić information content (AvgIpc) is 2.73. The number of methoxy groups -OCH3 is 1. The first-order valence-corrected chi connectivity index (χ1v) is 8.51. The van der Waals surface area contributed by atoms with Crippen LogP contribution in [0, 0.1) is 10.1 Å². The summed E-state index contributed by atoms with van der Waals surface area (Å²) < 4.78 is 6.05. The molecule has 9 nitrogen and oxygen atoms in total. The number of carbonyl (C=O) groups excluding carboxylic acids is 1. The Kier molecular flexibility index (Phi) is 5.88. The summed E-state index contributed by atoms with van der Waals surface area (Å²) in [5.41, 5.74) is 0.0380. The van der Waals surface area contributed by atoms with Crippen LogP contribution in [0.15, 0.2) is 71.7 Å². The number of hydrogen-bond acceptors (Lipinski definition) is 6. The van der Waals surface area contributed by atoms with Gasteiger partial charge in [0.05, 0.1) is 12.0 Å². The smallest absolute Gasteiger partial charge is 0.295 e. The van der Waals surface area contributed by atoms with Crippen LogP contribution in [0.1, 0.15) is 15.9 Å². The predicted octanol–water partition coefficient (Wildman–Crippen LogP) is 2.65. The van der Waals surface area contributed by atoms with Crippen LogP contribution in [0.5, 0.6) is 5.75 Å². The summed E-state index contributed by atoms with van der Waals surface area (Å²) in [6, 6.07) is 15.4. The first-order chi connectivity index (χ1) is 14.0. The van der Waals surface area contributed by atoms with Crippen LogP contribution in [0.3, 0.4) is 0 Å². The lowest BCUT2D eigenvalue weighted by atomic mass is 10.2. The van der Waals surface area contributed by atoms with Gasteiger partial charge in [-0.15, -0.1) is 0 Å². The van der Waals surface area contributed by atoms with Crippen LogP contribution in [0.2, 0.25) is 0 Å². The molecule has 1 heterocycles. The van der Waals surface area contributed by atoms with E-state index in [1.54, 1.807) is 31.4 Å². The zero-order chi connectivity index (χ0) is 20.8. The van der Waals surface area contributed by atoms with Crippen LogP contribution in [-0.2, 0) is 6.61 Å². The maximum Gasteiger partial charge on any atom is 0.295 e. The number of nitro benzene ring substituents is 1. The summed E-state index contributed by atoms with van der Waals surface area (Å²) in [6.07, 6.45) is 1.40. The van der Waals surface area contributed by atoms with Crippen LogP contribution in [-0.4, -0.2) is 22.7 Å². The fourth-order valence-corrected chi connectivity index (χ4v) is 2.51. The van der Waals surface area contributed by atoms with Gasteiger partial charge in [0.1, 0.15) is 17.9 Å². The number of benzene rings is 2. The second-order valence-electron chi connectivity index (χ2n) is 5.94. The number of nitro groups is 1. The SMILES string of the molecule is COc1ccc(COn2cccc(C(=O)Nc3cccc([N+](=O)[O-])c3)c2=O)cc1. The second-order valence-corrected chi connectivity index (χ2v) is 5.94. The Morgan fingerprint density at radius 1 is 1.14 bits per heavy atom. The number of anilines is 1. The molecule has 0 radical (unpaired) electrons. The molecular weight excluding hydrogens is 378 g/mol. The van der Waals surface area contributed by atoms with E-state index >= 15 is 0 Å². The normalized spacial score (nSPS) is 10.2. The van der Waals surface area contributed by atoms with Crippen LogP contribution < -0.4 is 20.5 Å². The van der Waals surface area contributed by atoms with Gasteiger partial charge in [-0.25, -0.2) is 0 Å². The third kappa shape index (κ3) is 4.78. The summed E-state index contributed by atoms with van der Waals surface area (Å²) in [5, 5.41) is 13.3. The molecule has 0 aliphatic rings. The molecule has 3 rings (SSSR count). The Morgan fingerprint density at radius 2 is 1.90 bits per heavy atom. The molecule has 29 heavy (non-hydrogen) atoms. The summed E-state index contributed by atoms with van der Waals surface area (Å²) in [6.45, 7) is 0.111. The fourth-order valence-electron chi connectivity index (χ4n) is 2.51. The Balaban J connectivity index is 1.73. The molecule has 1 amide bonds. The van der Waals surface area contributed by atoms with Crippen molar-refractivity contribution in [1.29, 1.82) is 0 Å². The van der Waals surface area contributed by atoms with Gasteiger partial charge in [0.25, 0.3) is 17.2 Å². The monoisotopic (exact) mass is 395 g/mol. The molecular formula is C20H17N3O6. The number of rotatable bonds is 7. The number of non-ortho nitro benzene ring substituents is 1. The van der Waals surface area contributed by atoms with Crippen molar-refractivity contribution in [3.63, 3.8) is 0 Å². The molecule has 0 saturated carbocycles. The van der Waals surface area contributed by atoms with E-state index in [-0.39, 0.29) is 23.5 Å². The molecule has 2 aromatic carbocycles. The van der Waals surface area contributed by atoms with E-state index in [2.05, 4.69) is 5.32 Å². The molecule has 148 valence electrons. The minimum Gasteiger partial charge on any atom is -0.497 e. The Bertz CT molecular complexity index is 1090. The number of nitrogens with zero attached hydrogens (tertiary/aromatic N) is 2. The summed E-state index contributed by atoms with van der Waals surface area (Å²) in [7, 11) is 1.56. The standard InChI is InChI=1S/C20H17N3O6/c1-28-17-9-7-14(8-10-17)13-29-22-11-3-6-18(20(22)25)19(24)21-15-4-2-5-16(12-15)23(26)27/h2-12H,13H2,1H3,(H,21,24). The maximum absolute atomic E-state index is 12.5. The van der Waals surface area contributed by atoms with E-state index in [1.165, 1.54) is 42.6 Å². The van der Waals surface area contributed by atoms with Crippen molar-refractivity contribution in [1.82, 2.24) is 4.73 Å².